The Bertz CT molecular complexity index is 850. The topological polar surface area (TPSA) is 76.1 Å². The molecule has 2 aromatic carbocycles. The molecule has 0 radical (unpaired) electrons. The predicted molar refractivity (Wildman–Crippen MR) is 105 cm³/mol. The smallest absolute Gasteiger partial charge is 0.308 e. The van der Waals surface area contributed by atoms with Crippen LogP contribution in [0.1, 0.15) is 30.6 Å². The molecule has 1 N–H and O–H groups in total. The molecule has 2 atom stereocenters. The first kappa shape index (κ1) is 19.7. The molecule has 6 heteroatoms. The molecular formula is C22H25NO5. The molecule has 0 bridgehead atoms. The number of aliphatic carboxylic acids is 1. The van der Waals surface area contributed by atoms with Crippen molar-refractivity contribution in [2.75, 3.05) is 19.7 Å². The van der Waals surface area contributed by atoms with E-state index < -0.39 is 11.9 Å². The van der Waals surface area contributed by atoms with Crippen LogP contribution in [0, 0.1) is 11.8 Å². The number of nitrogens with zero attached hydrogens (tertiary/aromatic N) is 1. The number of carbonyl (C=O) groups excluding carboxylic acids is 1. The number of carboxylic acid groups (broad SMARTS) is 1. The Labute approximate surface area is 164 Å². The normalized spacial score (nSPS) is 19.1. The van der Waals surface area contributed by atoms with Crippen LogP contribution in [-0.2, 0) is 4.79 Å². The molecule has 0 aliphatic carbocycles. The van der Waals surface area contributed by atoms with E-state index in [0.29, 0.717) is 42.4 Å². The van der Waals surface area contributed by atoms with Crippen molar-refractivity contribution in [3.63, 3.8) is 0 Å². The third-order valence-corrected chi connectivity index (χ3v) is 4.78. The maximum atomic E-state index is 13.2. The lowest BCUT2D eigenvalue weighted by atomic mass is 9.90. The van der Waals surface area contributed by atoms with Gasteiger partial charge in [0.15, 0.2) is 11.5 Å². The summed E-state index contributed by atoms with van der Waals surface area (Å²) in [4.78, 5) is 26.2. The van der Waals surface area contributed by atoms with Crippen LogP contribution in [0.15, 0.2) is 48.5 Å². The fraction of sp³-hybridized carbons (Fsp3) is 0.364. The molecule has 148 valence electrons. The highest BCUT2D eigenvalue weighted by Gasteiger charge is 2.33. The number of amides is 1. The highest BCUT2D eigenvalue weighted by molar-refractivity contribution is 5.97. The van der Waals surface area contributed by atoms with Crippen molar-refractivity contribution in [2.24, 2.45) is 11.8 Å². The van der Waals surface area contributed by atoms with E-state index in [0.717, 1.165) is 0 Å². The van der Waals surface area contributed by atoms with Gasteiger partial charge in [-0.3, -0.25) is 9.59 Å². The Hall–Kier alpha value is -3.02. The van der Waals surface area contributed by atoms with Gasteiger partial charge < -0.3 is 19.5 Å². The molecule has 2 unspecified atom stereocenters. The summed E-state index contributed by atoms with van der Waals surface area (Å²) >= 11 is 0. The molecular weight excluding hydrogens is 358 g/mol. The number of benzene rings is 2. The van der Waals surface area contributed by atoms with E-state index >= 15 is 0 Å². The highest BCUT2D eigenvalue weighted by Crippen LogP contribution is 2.34. The van der Waals surface area contributed by atoms with Crippen molar-refractivity contribution in [1.29, 1.82) is 0 Å². The van der Waals surface area contributed by atoms with Crippen LogP contribution in [0.4, 0.5) is 0 Å². The minimum Gasteiger partial charge on any atom is -0.490 e. The zero-order chi connectivity index (χ0) is 20.1. The Morgan fingerprint density at radius 3 is 2.36 bits per heavy atom. The van der Waals surface area contributed by atoms with E-state index in [-0.39, 0.29) is 18.4 Å². The summed E-state index contributed by atoms with van der Waals surface area (Å²) in [5.41, 5.74) is 0.409. The monoisotopic (exact) mass is 383 g/mol. The fourth-order valence-corrected chi connectivity index (χ4v) is 3.53. The summed E-state index contributed by atoms with van der Waals surface area (Å²) in [6.07, 6.45) is 0.582. The molecule has 0 aromatic heterocycles. The SMILES string of the molecule is CCOc1ccccc1Oc1ccccc1C(=O)N1CC(C)CC(C(=O)O)C1. The molecule has 1 heterocycles. The fourth-order valence-electron chi connectivity index (χ4n) is 3.53. The van der Waals surface area contributed by atoms with Gasteiger partial charge in [-0.1, -0.05) is 31.2 Å². The Kier molecular flexibility index (Phi) is 6.19. The predicted octanol–water partition coefficient (Wildman–Crippen LogP) is 4.06. The number of rotatable bonds is 6. The largest absolute Gasteiger partial charge is 0.490 e. The lowest BCUT2D eigenvalue weighted by Gasteiger charge is -2.35. The summed E-state index contributed by atoms with van der Waals surface area (Å²) in [6, 6.07) is 14.3. The van der Waals surface area contributed by atoms with E-state index in [9.17, 15) is 14.7 Å². The number of hydrogen-bond acceptors (Lipinski definition) is 4. The van der Waals surface area contributed by atoms with Gasteiger partial charge >= 0.3 is 5.97 Å². The summed E-state index contributed by atoms with van der Waals surface area (Å²) in [5, 5.41) is 9.38. The zero-order valence-electron chi connectivity index (χ0n) is 16.1. The van der Waals surface area contributed by atoms with Crippen molar-refractivity contribution < 1.29 is 24.2 Å². The number of hydrogen-bond donors (Lipinski definition) is 1. The van der Waals surface area contributed by atoms with Gasteiger partial charge in [-0.15, -0.1) is 0 Å². The first-order chi connectivity index (χ1) is 13.5. The molecule has 0 saturated carbocycles. The lowest BCUT2D eigenvalue weighted by molar-refractivity contribution is -0.143. The Morgan fingerprint density at radius 2 is 1.68 bits per heavy atom. The number of ether oxygens (including phenoxy) is 2. The first-order valence-electron chi connectivity index (χ1n) is 9.50. The van der Waals surface area contributed by atoms with Crippen LogP contribution in [0.25, 0.3) is 0 Å². The van der Waals surface area contributed by atoms with E-state index in [4.69, 9.17) is 9.47 Å². The molecule has 1 amide bonds. The minimum atomic E-state index is -0.862. The minimum absolute atomic E-state index is 0.130. The van der Waals surface area contributed by atoms with Crippen molar-refractivity contribution in [3.8, 4) is 17.2 Å². The van der Waals surface area contributed by atoms with Crippen LogP contribution in [-0.4, -0.2) is 41.6 Å². The summed E-state index contributed by atoms with van der Waals surface area (Å²) < 4.78 is 11.6. The van der Waals surface area contributed by atoms with Crippen LogP contribution in [0.3, 0.4) is 0 Å². The van der Waals surface area contributed by atoms with Gasteiger partial charge in [0.2, 0.25) is 0 Å². The van der Waals surface area contributed by atoms with Crippen LogP contribution in [0.2, 0.25) is 0 Å². The second kappa shape index (κ2) is 8.78. The number of para-hydroxylation sites is 3. The van der Waals surface area contributed by atoms with Gasteiger partial charge in [-0.05, 0) is 43.5 Å². The maximum absolute atomic E-state index is 13.2. The van der Waals surface area contributed by atoms with Gasteiger partial charge in [0, 0.05) is 13.1 Å². The van der Waals surface area contributed by atoms with Gasteiger partial charge in [-0.2, -0.15) is 0 Å². The molecule has 28 heavy (non-hydrogen) atoms. The molecule has 6 nitrogen and oxygen atoms in total. The molecule has 1 fully saturated rings. The number of carboxylic acids is 1. The zero-order valence-corrected chi connectivity index (χ0v) is 16.1. The second-order valence-electron chi connectivity index (χ2n) is 7.06. The molecule has 1 aliphatic heterocycles. The Morgan fingerprint density at radius 1 is 1.04 bits per heavy atom. The molecule has 1 saturated heterocycles. The molecule has 1 aliphatic rings. The van der Waals surface area contributed by atoms with Gasteiger partial charge in [0.25, 0.3) is 5.91 Å². The quantitative estimate of drug-likeness (QED) is 0.814. The number of carbonyl (C=O) groups is 2. The average Bonchev–Trinajstić information content (AvgIpc) is 2.69. The number of likely N-dealkylation sites (tertiary alicyclic amines) is 1. The van der Waals surface area contributed by atoms with Crippen LogP contribution < -0.4 is 9.47 Å². The second-order valence-corrected chi connectivity index (χ2v) is 7.06. The van der Waals surface area contributed by atoms with Crippen molar-refractivity contribution in [2.45, 2.75) is 20.3 Å². The van der Waals surface area contributed by atoms with Crippen molar-refractivity contribution >= 4 is 11.9 Å². The van der Waals surface area contributed by atoms with Crippen LogP contribution in [0.5, 0.6) is 17.2 Å². The number of piperidine rings is 1. The summed E-state index contributed by atoms with van der Waals surface area (Å²) in [7, 11) is 0. The van der Waals surface area contributed by atoms with Crippen molar-refractivity contribution in [3.05, 3.63) is 54.1 Å². The van der Waals surface area contributed by atoms with E-state index in [1.807, 2.05) is 32.0 Å². The van der Waals surface area contributed by atoms with Gasteiger partial charge in [0.05, 0.1) is 18.1 Å². The van der Waals surface area contributed by atoms with Crippen molar-refractivity contribution in [1.82, 2.24) is 4.90 Å². The van der Waals surface area contributed by atoms with Crippen LogP contribution >= 0.6 is 0 Å². The third-order valence-electron chi connectivity index (χ3n) is 4.78. The van der Waals surface area contributed by atoms with Gasteiger partial charge in [-0.25, -0.2) is 0 Å². The molecule has 3 rings (SSSR count). The average molecular weight is 383 g/mol. The first-order valence-corrected chi connectivity index (χ1v) is 9.50. The Balaban J connectivity index is 1.86. The highest BCUT2D eigenvalue weighted by atomic mass is 16.5. The lowest BCUT2D eigenvalue weighted by Crippen LogP contribution is -2.45. The van der Waals surface area contributed by atoms with Gasteiger partial charge in [0.1, 0.15) is 5.75 Å². The van der Waals surface area contributed by atoms with E-state index in [1.165, 1.54) is 0 Å². The summed E-state index contributed by atoms with van der Waals surface area (Å²) in [6.45, 7) is 5.11. The van der Waals surface area contributed by atoms with E-state index in [2.05, 4.69) is 0 Å². The standard InChI is InChI=1S/C22H25NO5/c1-3-27-19-10-6-7-11-20(19)28-18-9-5-4-8-17(18)21(24)23-13-15(2)12-16(14-23)22(25)26/h4-11,15-16H,3,12-14H2,1-2H3,(H,25,26). The maximum Gasteiger partial charge on any atom is 0.308 e. The molecule has 2 aromatic rings. The molecule has 0 spiro atoms. The summed E-state index contributed by atoms with van der Waals surface area (Å²) in [5.74, 6) is 0.0569. The third kappa shape index (κ3) is 4.44. The van der Waals surface area contributed by atoms with E-state index in [1.54, 1.807) is 35.2 Å².